The van der Waals surface area contributed by atoms with E-state index in [0.29, 0.717) is 17.4 Å². The van der Waals surface area contributed by atoms with E-state index in [-0.39, 0.29) is 26.1 Å². The molecule has 102 heavy (non-hydrogen) atoms. The number of phosphoric ester groups is 1. The molecule has 578 valence electrons. The van der Waals surface area contributed by atoms with Crippen molar-refractivity contribution in [3.8, 4) is 0 Å². The molecule has 0 bridgehead atoms. The van der Waals surface area contributed by atoms with Gasteiger partial charge in [-0.15, -0.1) is 0 Å². The average Bonchev–Trinajstić information content (AvgIpc) is 0.916. The van der Waals surface area contributed by atoms with Crippen molar-refractivity contribution in [1.29, 1.82) is 0 Å². The maximum absolute atomic E-state index is 12.9. The summed E-state index contributed by atoms with van der Waals surface area (Å²) in [5.74, 6) is -0.864. The number of hydrogen-bond donors (Lipinski definition) is 0. The molecule has 0 amide bonds. The van der Waals surface area contributed by atoms with E-state index in [9.17, 15) is 19.0 Å². The fourth-order valence-electron chi connectivity index (χ4n) is 10.9. The van der Waals surface area contributed by atoms with Gasteiger partial charge in [0.15, 0.2) is 6.10 Å². The molecule has 9 nitrogen and oxygen atoms in total. The van der Waals surface area contributed by atoms with Gasteiger partial charge in [0, 0.05) is 12.8 Å². The first kappa shape index (κ1) is 96.8. The van der Waals surface area contributed by atoms with Gasteiger partial charge >= 0.3 is 11.9 Å². The molecule has 0 heterocycles. The molecule has 10 heteroatoms. The number of carbonyl (C=O) groups is 2. The zero-order chi connectivity index (χ0) is 74.0. The van der Waals surface area contributed by atoms with Gasteiger partial charge in [-0.25, -0.2) is 0 Å². The molecule has 0 radical (unpaired) electrons. The van der Waals surface area contributed by atoms with E-state index in [1.54, 1.807) is 0 Å². The topological polar surface area (TPSA) is 111 Å². The Morgan fingerprint density at radius 2 is 0.529 bits per heavy atom. The lowest BCUT2D eigenvalue weighted by Gasteiger charge is -2.28. The minimum absolute atomic E-state index is 0.0440. The number of quaternary nitrogens is 1. The number of allylic oxidation sites excluding steroid dienone is 32. The van der Waals surface area contributed by atoms with Crippen LogP contribution in [0, 0.1) is 0 Å². The fourth-order valence-corrected chi connectivity index (χ4v) is 11.7. The summed E-state index contributed by atoms with van der Waals surface area (Å²) in [5, 5.41) is 0. The summed E-state index contributed by atoms with van der Waals surface area (Å²) in [6.07, 6.45) is 124. The first-order valence-corrected chi connectivity index (χ1v) is 42.6. The van der Waals surface area contributed by atoms with Crippen LogP contribution in [0.4, 0.5) is 0 Å². The number of phosphoric acid groups is 1. The summed E-state index contributed by atoms with van der Waals surface area (Å²) in [6, 6.07) is 0. The average molecular weight is 1430 g/mol. The second kappa shape index (κ2) is 80.0. The molecule has 0 fully saturated rings. The summed E-state index contributed by atoms with van der Waals surface area (Å²) in [4.78, 5) is 38.2. The van der Waals surface area contributed by atoms with Crippen LogP contribution >= 0.6 is 7.82 Å². The Balaban J connectivity index is 4.07. The van der Waals surface area contributed by atoms with Crippen LogP contribution in [-0.2, 0) is 32.7 Å². The normalized spacial score (nSPS) is 14.1. The van der Waals surface area contributed by atoms with E-state index < -0.39 is 32.5 Å². The van der Waals surface area contributed by atoms with Gasteiger partial charge in [0.25, 0.3) is 7.82 Å². The van der Waals surface area contributed by atoms with Crippen LogP contribution < -0.4 is 4.89 Å². The lowest BCUT2D eigenvalue weighted by molar-refractivity contribution is -0.870. The molecular weight excluding hydrogens is 1280 g/mol. The van der Waals surface area contributed by atoms with Crippen molar-refractivity contribution in [3.05, 3.63) is 194 Å². The van der Waals surface area contributed by atoms with Crippen molar-refractivity contribution in [2.24, 2.45) is 0 Å². The van der Waals surface area contributed by atoms with E-state index in [2.05, 4.69) is 208 Å². The zero-order valence-corrected chi connectivity index (χ0v) is 66.9. The SMILES string of the molecule is CC/C=C\C/C=C\C/C=C\C/C=C\C/C=C\C/C=C\C/C=C\C/C=C\C/C=C\C/C=C\C/C=C\C/C=C\CCCCCCC(=O)OC(COC(=O)CCCCCCCCCCCCCCCCCCCCCCCCCC/C=C\C/C=C\C/C=C\C/C=C\CC)COP(=O)([O-])OCC[N+](C)(C)C. The fraction of sp³-hybridized carbons (Fsp3) is 0.630. The molecule has 0 saturated carbocycles. The molecule has 0 spiro atoms. The number of carbonyl (C=O) groups excluding carboxylic acids is 2. The third-order valence-corrected chi connectivity index (χ3v) is 18.1. The number of esters is 2. The zero-order valence-electron chi connectivity index (χ0n) is 66.0. The maximum atomic E-state index is 12.9. The van der Waals surface area contributed by atoms with Crippen LogP contribution in [0.5, 0.6) is 0 Å². The lowest BCUT2D eigenvalue weighted by atomic mass is 10.0. The minimum Gasteiger partial charge on any atom is -0.756 e. The second-order valence-corrected chi connectivity index (χ2v) is 29.4. The summed E-state index contributed by atoms with van der Waals surface area (Å²) in [7, 11) is 1.13. The van der Waals surface area contributed by atoms with Crippen LogP contribution in [-0.4, -0.2) is 70.0 Å². The summed E-state index contributed by atoms with van der Waals surface area (Å²) >= 11 is 0. The number of hydrogen-bond acceptors (Lipinski definition) is 8. The van der Waals surface area contributed by atoms with Crippen molar-refractivity contribution in [1.82, 2.24) is 0 Å². The van der Waals surface area contributed by atoms with Crippen LogP contribution in [0.2, 0.25) is 0 Å². The standard InChI is InChI=1S/C92H152NO8P/c1-6-8-10-12-14-16-18-20-22-24-26-28-30-32-34-36-38-40-42-44-45-46-47-49-51-53-55-57-59-61-63-65-67-69-71-73-75-77-79-81-83-85-92(95)101-90(89-100-102(96,97)99-87-86-93(3,4)5)88-98-91(94)84-82-80-78-76-74-72-70-68-66-64-62-60-58-56-54-52-50-48-43-41-39-37-35-33-31-29-27-25-23-21-19-17-15-13-11-9-7-2/h8-11,14-17,20-23,26-29,32,34,38,40,44-45,47,49,53,55,59,61,65,67,71,73,90H,6-7,12-13,18-19,24-25,30-31,33,35-37,39,41-43,46,48,50-52,54,56-58,60,62-64,66,68-70,72,74-89H2,1-5H3/b10-8-,11-9-,16-14-,17-15-,22-20-,23-21-,28-26-,29-27-,34-32-,40-38-,45-44-,49-47-,55-53-,61-59-,67-65-,73-71-. The number of unbranched alkanes of at least 4 members (excludes halogenated alkanes) is 28. The minimum atomic E-state index is -4.67. The number of ether oxygens (including phenoxy) is 2. The van der Waals surface area contributed by atoms with Crippen LogP contribution in [0.3, 0.4) is 0 Å². The van der Waals surface area contributed by atoms with Gasteiger partial charge in [0.2, 0.25) is 0 Å². The first-order valence-electron chi connectivity index (χ1n) is 41.1. The van der Waals surface area contributed by atoms with Crippen LogP contribution in [0.15, 0.2) is 194 Å². The third kappa shape index (κ3) is 83.8. The molecule has 0 aliphatic carbocycles. The molecule has 0 saturated heterocycles. The predicted octanol–water partition coefficient (Wildman–Crippen LogP) is 27.3. The van der Waals surface area contributed by atoms with Gasteiger partial charge in [-0.3, -0.25) is 14.2 Å². The highest BCUT2D eigenvalue weighted by Crippen LogP contribution is 2.38. The van der Waals surface area contributed by atoms with Crippen LogP contribution in [0.1, 0.15) is 322 Å². The van der Waals surface area contributed by atoms with Crippen molar-refractivity contribution in [3.63, 3.8) is 0 Å². The van der Waals surface area contributed by atoms with E-state index in [1.165, 1.54) is 141 Å². The lowest BCUT2D eigenvalue weighted by Crippen LogP contribution is -2.37. The highest BCUT2D eigenvalue weighted by atomic mass is 31.2. The van der Waals surface area contributed by atoms with Gasteiger partial charge in [0.05, 0.1) is 27.7 Å². The van der Waals surface area contributed by atoms with E-state index >= 15 is 0 Å². The van der Waals surface area contributed by atoms with E-state index in [4.69, 9.17) is 18.5 Å². The Bertz CT molecular complexity index is 2440. The molecular formula is C92H152NO8P. The van der Waals surface area contributed by atoms with Gasteiger partial charge in [-0.2, -0.15) is 0 Å². The van der Waals surface area contributed by atoms with Gasteiger partial charge in [-0.1, -0.05) is 362 Å². The van der Waals surface area contributed by atoms with Gasteiger partial charge in [0.1, 0.15) is 19.8 Å². The molecule has 0 aromatic carbocycles. The second-order valence-electron chi connectivity index (χ2n) is 28.0. The molecule has 0 aliphatic rings. The third-order valence-electron chi connectivity index (χ3n) is 17.1. The highest BCUT2D eigenvalue weighted by molar-refractivity contribution is 7.45. The monoisotopic (exact) mass is 1430 g/mol. The Labute approximate surface area is 628 Å². The Morgan fingerprint density at radius 1 is 0.304 bits per heavy atom. The molecule has 2 atom stereocenters. The molecule has 0 rings (SSSR count). The number of nitrogens with zero attached hydrogens (tertiary/aromatic N) is 1. The van der Waals surface area contributed by atoms with Gasteiger partial charge < -0.3 is 27.9 Å². The van der Waals surface area contributed by atoms with Crippen molar-refractivity contribution < 1.29 is 42.1 Å². The molecule has 0 aliphatic heterocycles. The van der Waals surface area contributed by atoms with Crippen molar-refractivity contribution in [2.75, 3.05) is 47.5 Å². The van der Waals surface area contributed by atoms with Crippen molar-refractivity contribution in [2.45, 2.75) is 328 Å². The summed E-state index contributed by atoms with van der Waals surface area (Å²) in [5.41, 5.74) is 0. The highest BCUT2D eigenvalue weighted by Gasteiger charge is 2.22. The molecule has 0 N–H and O–H groups in total. The Hall–Kier alpha value is -5.15. The Morgan fingerprint density at radius 3 is 0.784 bits per heavy atom. The van der Waals surface area contributed by atoms with E-state index in [1.807, 2.05) is 21.1 Å². The number of likely N-dealkylation sites (N-methyl/N-ethyl adjacent to an activating group) is 1. The number of rotatable bonds is 74. The van der Waals surface area contributed by atoms with Crippen molar-refractivity contribution >= 4 is 19.8 Å². The quantitative estimate of drug-likeness (QED) is 0.0195. The van der Waals surface area contributed by atoms with Gasteiger partial charge in [-0.05, 0) is 141 Å². The summed E-state index contributed by atoms with van der Waals surface area (Å²) < 4.78 is 34.4. The largest absolute Gasteiger partial charge is 0.756 e. The smallest absolute Gasteiger partial charge is 0.306 e. The Kier molecular flexibility index (Phi) is 75.9. The predicted molar refractivity (Wildman–Crippen MR) is 442 cm³/mol. The molecule has 0 aromatic rings. The van der Waals surface area contributed by atoms with E-state index in [0.717, 1.165) is 148 Å². The first-order chi connectivity index (χ1) is 50.0. The van der Waals surface area contributed by atoms with Crippen LogP contribution in [0.25, 0.3) is 0 Å². The maximum Gasteiger partial charge on any atom is 0.306 e. The summed E-state index contributed by atoms with van der Waals surface area (Å²) in [6.45, 7) is 3.99. The molecule has 0 aromatic heterocycles. The molecule has 2 unspecified atom stereocenters.